The molecule has 4 aromatic heterocycles. The van der Waals surface area contributed by atoms with Crippen molar-refractivity contribution in [2.75, 3.05) is 0 Å². The molecule has 47 heavy (non-hydrogen) atoms. The van der Waals surface area contributed by atoms with Gasteiger partial charge in [-0.05, 0) is 83.6 Å². The Hall–Kier alpha value is -5.22. The fraction of sp³-hybridized carbons (Fsp3) is 0.209. The normalized spacial score (nSPS) is 12.4. The Morgan fingerprint density at radius 3 is 1.26 bits per heavy atom. The van der Waals surface area contributed by atoms with E-state index < -0.39 is 0 Å². The third-order valence-corrected chi connectivity index (χ3v) is 9.92. The van der Waals surface area contributed by atoms with Crippen molar-refractivity contribution in [3.8, 4) is 11.4 Å². The van der Waals surface area contributed by atoms with Gasteiger partial charge in [0.25, 0.3) is 0 Å². The molecule has 232 valence electrons. The summed E-state index contributed by atoms with van der Waals surface area (Å²) >= 11 is 0. The first-order chi connectivity index (χ1) is 22.7. The molecular formula is C43H40N4. The maximum Gasteiger partial charge on any atom is 0.0966 e. The molecule has 0 aliphatic rings. The molecule has 4 heteroatoms. The van der Waals surface area contributed by atoms with Crippen molar-refractivity contribution in [3.63, 3.8) is 0 Å². The van der Waals surface area contributed by atoms with Gasteiger partial charge in [-0.15, -0.1) is 0 Å². The average molecular weight is 613 g/mol. The van der Waals surface area contributed by atoms with E-state index in [0.29, 0.717) is 11.8 Å². The van der Waals surface area contributed by atoms with Crippen molar-refractivity contribution in [1.82, 2.24) is 19.1 Å². The second-order valence-electron chi connectivity index (χ2n) is 13.9. The SMILES string of the molecule is CC(C)c1ccc2c(n1)c1ccc(C(C)(C)c3ccc4c5nc(C(C)C)ccc5n(-c5ccccc5)c4c3)cc1n2-c1ccccc1. The molecule has 0 amide bonds. The third-order valence-electron chi connectivity index (χ3n) is 9.92. The Bertz CT molecular complexity index is 2250. The molecule has 0 fully saturated rings. The largest absolute Gasteiger partial charge is 0.308 e. The van der Waals surface area contributed by atoms with Crippen molar-refractivity contribution in [3.05, 3.63) is 144 Å². The first-order valence-corrected chi connectivity index (χ1v) is 16.7. The van der Waals surface area contributed by atoms with Crippen molar-refractivity contribution < 1.29 is 0 Å². The van der Waals surface area contributed by atoms with Crippen molar-refractivity contribution >= 4 is 43.9 Å². The summed E-state index contributed by atoms with van der Waals surface area (Å²) in [6.07, 6.45) is 0. The summed E-state index contributed by atoms with van der Waals surface area (Å²) in [7, 11) is 0. The van der Waals surface area contributed by atoms with Gasteiger partial charge >= 0.3 is 0 Å². The first kappa shape index (κ1) is 29.2. The summed E-state index contributed by atoms with van der Waals surface area (Å²) in [5.41, 5.74) is 13.5. The molecule has 0 radical (unpaired) electrons. The average Bonchev–Trinajstić information content (AvgIpc) is 3.60. The molecule has 4 nitrogen and oxygen atoms in total. The van der Waals surface area contributed by atoms with Gasteiger partial charge in [-0.2, -0.15) is 0 Å². The van der Waals surface area contributed by atoms with Crippen LogP contribution >= 0.6 is 0 Å². The number of para-hydroxylation sites is 2. The quantitative estimate of drug-likeness (QED) is 0.187. The van der Waals surface area contributed by atoms with E-state index in [9.17, 15) is 0 Å². The van der Waals surface area contributed by atoms with Crippen LogP contribution in [0.1, 0.15) is 75.9 Å². The van der Waals surface area contributed by atoms with Gasteiger partial charge in [0.15, 0.2) is 0 Å². The molecule has 8 rings (SSSR count). The standard InChI is InChI=1S/C43H40N4/c1-27(2)35-21-23-37-41(44-35)33-19-17-29(25-39(33)46(37)31-13-9-7-10-14-31)43(5,6)30-18-20-34-40(26-30)47(32-15-11-8-12-16-32)38-24-22-36(28(3)4)45-42(34)38/h7-28H,1-6H3. The second-order valence-corrected chi connectivity index (χ2v) is 13.9. The molecule has 4 aromatic carbocycles. The van der Waals surface area contributed by atoms with Gasteiger partial charge in [-0.3, -0.25) is 9.97 Å². The van der Waals surface area contributed by atoms with Gasteiger partial charge in [0.05, 0.1) is 33.1 Å². The maximum atomic E-state index is 5.18. The van der Waals surface area contributed by atoms with E-state index in [1.807, 2.05) is 0 Å². The molecule has 0 bridgehead atoms. The van der Waals surface area contributed by atoms with Crippen LogP contribution in [0.15, 0.2) is 121 Å². The molecule has 0 aliphatic carbocycles. The summed E-state index contributed by atoms with van der Waals surface area (Å²) in [5, 5.41) is 2.36. The number of fused-ring (bicyclic) bond motifs is 6. The predicted octanol–water partition coefficient (Wildman–Crippen LogP) is 11.2. The van der Waals surface area contributed by atoms with E-state index in [0.717, 1.165) is 44.8 Å². The lowest BCUT2D eigenvalue weighted by Gasteiger charge is -2.27. The van der Waals surface area contributed by atoms with Gasteiger partial charge < -0.3 is 9.13 Å². The lowest BCUT2D eigenvalue weighted by molar-refractivity contribution is 0.642. The van der Waals surface area contributed by atoms with Crippen LogP contribution in [0.4, 0.5) is 0 Å². The summed E-state index contributed by atoms with van der Waals surface area (Å²) in [6, 6.07) is 44.1. The molecule has 0 saturated heterocycles. The summed E-state index contributed by atoms with van der Waals surface area (Å²) in [5.74, 6) is 0.725. The summed E-state index contributed by atoms with van der Waals surface area (Å²) in [6.45, 7) is 13.5. The van der Waals surface area contributed by atoms with E-state index in [-0.39, 0.29) is 5.41 Å². The highest BCUT2D eigenvalue weighted by Gasteiger charge is 2.27. The van der Waals surface area contributed by atoms with Gasteiger partial charge in [0.2, 0.25) is 0 Å². The zero-order valence-electron chi connectivity index (χ0n) is 28.0. The topological polar surface area (TPSA) is 35.6 Å². The van der Waals surface area contributed by atoms with E-state index in [2.05, 4.69) is 172 Å². The summed E-state index contributed by atoms with van der Waals surface area (Å²) in [4.78, 5) is 10.4. The van der Waals surface area contributed by atoms with Crippen molar-refractivity contribution in [1.29, 1.82) is 0 Å². The Kier molecular flexibility index (Phi) is 6.80. The number of pyridine rings is 2. The highest BCUT2D eigenvalue weighted by molar-refractivity contribution is 6.08. The zero-order valence-corrected chi connectivity index (χ0v) is 28.0. The van der Waals surface area contributed by atoms with E-state index in [1.54, 1.807) is 0 Å². The van der Waals surface area contributed by atoms with Crippen LogP contribution in [0.25, 0.3) is 55.2 Å². The van der Waals surface area contributed by atoms with Crippen LogP contribution in [0.2, 0.25) is 0 Å². The molecule has 0 spiro atoms. The van der Waals surface area contributed by atoms with Gasteiger partial charge in [0.1, 0.15) is 0 Å². The van der Waals surface area contributed by atoms with Crippen LogP contribution in [-0.2, 0) is 5.41 Å². The van der Waals surface area contributed by atoms with Gasteiger partial charge in [-0.25, -0.2) is 0 Å². The minimum Gasteiger partial charge on any atom is -0.308 e. The van der Waals surface area contributed by atoms with Gasteiger partial charge in [0, 0.05) is 39.0 Å². The van der Waals surface area contributed by atoms with E-state index >= 15 is 0 Å². The lowest BCUT2D eigenvalue weighted by atomic mass is 9.77. The van der Waals surface area contributed by atoms with Crippen LogP contribution in [0.3, 0.4) is 0 Å². The molecule has 8 aromatic rings. The van der Waals surface area contributed by atoms with E-state index in [4.69, 9.17) is 9.97 Å². The van der Waals surface area contributed by atoms with Crippen LogP contribution in [0.5, 0.6) is 0 Å². The van der Waals surface area contributed by atoms with E-state index in [1.165, 1.54) is 32.9 Å². The molecule has 0 N–H and O–H groups in total. The highest BCUT2D eigenvalue weighted by Crippen LogP contribution is 2.40. The fourth-order valence-corrected chi connectivity index (χ4v) is 7.08. The fourth-order valence-electron chi connectivity index (χ4n) is 7.08. The predicted molar refractivity (Wildman–Crippen MR) is 197 cm³/mol. The highest BCUT2D eigenvalue weighted by atomic mass is 15.0. The number of hydrogen-bond acceptors (Lipinski definition) is 2. The molecule has 0 saturated carbocycles. The second kappa shape index (κ2) is 10.9. The first-order valence-electron chi connectivity index (χ1n) is 16.7. The molecule has 0 aliphatic heterocycles. The Balaban J connectivity index is 1.35. The number of benzene rings is 4. The minimum atomic E-state index is -0.272. The number of nitrogens with zero attached hydrogens (tertiary/aromatic N) is 4. The Morgan fingerprint density at radius 2 is 0.872 bits per heavy atom. The third kappa shape index (κ3) is 4.66. The minimum absolute atomic E-state index is 0.272. The van der Waals surface area contributed by atoms with Gasteiger partial charge in [-0.1, -0.05) is 102 Å². The van der Waals surface area contributed by atoms with Crippen LogP contribution in [-0.4, -0.2) is 19.1 Å². The molecule has 0 unspecified atom stereocenters. The molecule has 4 heterocycles. The smallest absolute Gasteiger partial charge is 0.0966 e. The number of aromatic nitrogens is 4. The lowest BCUT2D eigenvalue weighted by Crippen LogP contribution is -2.19. The van der Waals surface area contributed by atoms with Crippen LogP contribution < -0.4 is 0 Å². The number of rotatable bonds is 6. The zero-order chi connectivity index (χ0) is 32.4. The Labute approximate surface area is 276 Å². The monoisotopic (exact) mass is 612 g/mol. The van der Waals surface area contributed by atoms with Crippen molar-refractivity contribution in [2.45, 2.75) is 58.8 Å². The number of hydrogen-bond donors (Lipinski definition) is 0. The Morgan fingerprint density at radius 1 is 0.468 bits per heavy atom. The van der Waals surface area contributed by atoms with Crippen LogP contribution in [0, 0.1) is 0 Å². The van der Waals surface area contributed by atoms with Crippen molar-refractivity contribution in [2.24, 2.45) is 0 Å². The maximum absolute atomic E-state index is 5.18. The summed E-state index contributed by atoms with van der Waals surface area (Å²) < 4.78 is 4.74. The molecule has 0 atom stereocenters. The molecular weight excluding hydrogens is 573 g/mol.